The molecule has 1 aliphatic heterocycles. The Morgan fingerprint density at radius 2 is 1.80 bits per heavy atom. The number of hydrogen-bond donors (Lipinski definition) is 4. The second-order valence-electron chi connectivity index (χ2n) is 2.28. The molecule has 60 valence electrons. The lowest BCUT2D eigenvalue weighted by molar-refractivity contribution is -0.125. The Kier molecular flexibility index (Phi) is 2.22. The number of aliphatic hydroxyl groups excluding tert-OH is 3. The van der Waals surface area contributed by atoms with Crippen LogP contribution in [0.2, 0.25) is 0 Å². The Balaban J connectivity index is 2.53. The van der Waals surface area contributed by atoms with Crippen molar-refractivity contribution in [2.24, 2.45) is 5.73 Å². The van der Waals surface area contributed by atoms with Crippen LogP contribution in [0.25, 0.3) is 0 Å². The van der Waals surface area contributed by atoms with Gasteiger partial charge in [-0.3, -0.25) is 0 Å². The van der Waals surface area contributed by atoms with Gasteiger partial charge in [-0.25, -0.2) is 0 Å². The topological polar surface area (TPSA) is 95.9 Å². The van der Waals surface area contributed by atoms with E-state index in [4.69, 9.17) is 21.1 Å². The fraction of sp³-hybridized carbons (Fsp3) is 1.00. The van der Waals surface area contributed by atoms with E-state index in [1.165, 1.54) is 0 Å². The van der Waals surface area contributed by atoms with Crippen LogP contribution in [0.5, 0.6) is 0 Å². The highest BCUT2D eigenvalue weighted by Crippen LogP contribution is 2.17. The zero-order valence-corrected chi connectivity index (χ0v) is 5.34. The molecule has 1 saturated heterocycles. The molecule has 1 heterocycles. The van der Waals surface area contributed by atoms with E-state index < -0.39 is 24.6 Å². The summed E-state index contributed by atoms with van der Waals surface area (Å²) in [5.41, 5.74) is 5.14. The van der Waals surface area contributed by atoms with Gasteiger partial charge < -0.3 is 25.8 Å². The van der Waals surface area contributed by atoms with Gasteiger partial charge in [-0.05, 0) is 0 Å². The maximum absolute atomic E-state index is 9.01. The average Bonchev–Trinajstić information content (AvgIpc) is 2.17. The first kappa shape index (κ1) is 7.90. The molecule has 0 aliphatic carbocycles. The summed E-state index contributed by atoms with van der Waals surface area (Å²) in [6, 6.07) is 0. The first-order chi connectivity index (χ1) is 4.66. The zero-order chi connectivity index (χ0) is 7.72. The van der Waals surface area contributed by atoms with Gasteiger partial charge in [0.15, 0.2) is 6.29 Å². The van der Waals surface area contributed by atoms with Crippen LogP contribution in [0.4, 0.5) is 0 Å². The second kappa shape index (κ2) is 2.81. The molecule has 1 unspecified atom stereocenters. The highest BCUT2D eigenvalue weighted by Gasteiger charge is 2.40. The first-order valence-electron chi connectivity index (χ1n) is 3.06. The van der Waals surface area contributed by atoms with Gasteiger partial charge in [0, 0.05) is 6.54 Å². The zero-order valence-electron chi connectivity index (χ0n) is 5.34. The van der Waals surface area contributed by atoms with Crippen molar-refractivity contribution in [3.05, 3.63) is 0 Å². The van der Waals surface area contributed by atoms with Gasteiger partial charge in [0.2, 0.25) is 0 Å². The van der Waals surface area contributed by atoms with E-state index in [1.807, 2.05) is 0 Å². The molecule has 1 rings (SSSR count). The van der Waals surface area contributed by atoms with E-state index in [9.17, 15) is 0 Å². The molecular formula is C5H11NO4. The third-order valence-electron chi connectivity index (χ3n) is 1.57. The van der Waals surface area contributed by atoms with Gasteiger partial charge in [0.05, 0.1) is 0 Å². The lowest BCUT2D eigenvalue weighted by Gasteiger charge is -2.10. The average molecular weight is 149 g/mol. The van der Waals surface area contributed by atoms with Gasteiger partial charge in [0.1, 0.15) is 18.3 Å². The third-order valence-corrected chi connectivity index (χ3v) is 1.57. The lowest BCUT2D eigenvalue weighted by atomic mass is 10.1. The molecule has 4 atom stereocenters. The van der Waals surface area contributed by atoms with Crippen LogP contribution >= 0.6 is 0 Å². The lowest BCUT2D eigenvalue weighted by Crippen LogP contribution is -2.35. The maximum Gasteiger partial charge on any atom is 0.184 e. The SMILES string of the molecule is NC[C@@H]1OC(O)[C@@H](O)[C@@H]1O. The van der Waals surface area contributed by atoms with E-state index >= 15 is 0 Å². The summed E-state index contributed by atoms with van der Waals surface area (Å²) in [5.74, 6) is 0. The molecule has 5 nitrogen and oxygen atoms in total. The summed E-state index contributed by atoms with van der Waals surface area (Å²) in [7, 11) is 0. The first-order valence-corrected chi connectivity index (χ1v) is 3.06. The van der Waals surface area contributed by atoms with Crippen LogP contribution in [0, 0.1) is 0 Å². The predicted molar refractivity (Wildman–Crippen MR) is 31.9 cm³/mol. The van der Waals surface area contributed by atoms with E-state index in [-0.39, 0.29) is 6.54 Å². The summed E-state index contributed by atoms with van der Waals surface area (Å²) in [5, 5.41) is 26.7. The van der Waals surface area contributed by atoms with E-state index in [0.29, 0.717) is 0 Å². The molecule has 0 aromatic rings. The number of rotatable bonds is 1. The molecule has 0 amide bonds. The number of aliphatic hydroxyl groups is 3. The minimum atomic E-state index is -1.30. The smallest absolute Gasteiger partial charge is 0.184 e. The summed E-state index contributed by atoms with van der Waals surface area (Å²) in [6.07, 6.45) is -4.25. The van der Waals surface area contributed by atoms with Crippen molar-refractivity contribution < 1.29 is 20.1 Å². The Bertz CT molecular complexity index is 120. The van der Waals surface area contributed by atoms with Crippen LogP contribution in [0.3, 0.4) is 0 Å². The van der Waals surface area contributed by atoms with E-state index in [2.05, 4.69) is 4.74 Å². The molecule has 5 N–H and O–H groups in total. The van der Waals surface area contributed by atoms with Crippen molar-refractivity contribution in [1.29, 1.82) is 0 Å². The van der Waals surface area contributed by atoms with E-state index in [1.54, 1.807) is 0 Å². The van der Waals surface area contributed by atoms with Crippen molar-refractivity contribution in [3.63, 3.8) is 0 Å². The Morgan fingerprint density at radius 1 is 1.20 bits per heavy atom. The van der Waals surface area contributed by atoms with Gasteiger partial charge >= 0.3 is 0 Å². The quantitative estimate of drug-likeness (QED) is 0.327. The molecule has 1 fully saturated rings. The van der Waals surface area contributed by atoms with Crippen molar-refractivity contribution in [3.8, 4) is 0 Å². The fourth-order valence-corrected chi connectivity index (χ4v) is 0.924. The summed E-state index contributed by atoms with van der Waals surface area (Å²) >= 11 is 0. The fourth-order valence-electron chi connectivity index (χ4n) is 0.924. The standard InChI is InChI=1S/C5H11NO4/c6-1-2-3(7)4(8)5(9)10-2/h2-5,7-9H,1,6H2/t2-,3+,4-,5?/m0/s1. The molecule has 0 spiro atoms. The molecule has 1 aliphatic rings. The third kappa shape index (κ3) is 1.14. The van der Waals surface area contributed by atoms with Crippen molar-refractivity contribution in [2.75, 3.05) is 6.54 Å². The molecule has 10 heavy (non-hydrogen) atoms. The van der Waals surface area contributed by atoms with Crippen LogP contribution < -0.4 is 5.73 Å². The number of ether oxygens (including phenoxy) is 1. The van der Waals surface area contributed by atoms with Crippen LogP contribution in [-0.2, 0) is 4.74 Å². The largest absolute Gasteiger partial charge is 0.387 e. The maximum atomic E-state index is 9.01. The van der Waals surface area contributed by atoms with Crippen molar-refractivity contribution >= 4 is 0 Å². The van der Waals surface area contributed by atoms with Gasteiger partial charge in [-0.1, -0.05) is 0 Å². The Hall–Kier alpha value is -0.200. The molecule has 0 saturated carbocycles. The highest BCUT2D eigenvalue weighted by atomic mass is 16.6. The molecule has 0 bridgehead atoms. The second-order valence-corrected chi connectivity index (χ2v) is 2.28. The molecule has 5 heteroatoms. The monoisotopic (exact) mass is 149 g/mol. The van der Waals surface area contributed by atoms with Crippen LogP contribution in [-0.4, -0.2) is 46.5 Å². The molecular weight excluding hydrogens is 138 g/mol. The molecule has 0 radical (unpaired) electrons. The Labute approximate surface area is 58.0 Å². The van der Waals surface area contributed by atoms with E-state index in [0.717, 1.165) is 0 Å². The van der Waals surface area contributed by atoms with Gasteiger partial charge in [0.25, 0.3) is 0 Å². The summed E-state index contributed by atoms with van der Waals surface area (Å²) in [6.45, 7) is 0.0925. The molecule has 0 aromatic carbocycles. The summed E-state index contributed by atoms with van der Waals surface area (Å²) < 4.78 is 4.67. The highest BCUT2D eigenvalue weighted by molar-refractivity contribution is 4.85. The van der Waals surface area contributed by atoms with Gasteiger partial charge in [-0.15, -0.1) is 0 Å². The number of nitrogens with two attached hydrogens (primary N) is 1. The van der Waals surface area contributed by atoms with Crippen molar-refractivity contribution in [1.82, 2.24) is 0 Å². The molecule has 0 aromatic heterocycles. The number of hydrogen-bond acceptors (Lipinski definition) is 5. The Morgan fingerprint density at radius 3 is 2.00 bits per heavy atom. The minimum absolute atomic E-state index is 0.0925. The normalized spacial score (nSPS) is 48.0. The van der Waals surface area contributed by atoms with Crippen molar-refractivity contribution in [2.45, 2.75) is 24.6 Å². The van der Waals surface area contributed by atoms with Crippen LogP contribution in [0.1, 0.15) is 0 Å². The minimum Gasteiger partial charge on any atom is -0.387 e. The predicted octanol–water partition coefficient (Wildman–Crippen LogP) is -2.62. The van der Waals surface area contributed by atoms with Gasteiger partial charge in [-0.2, -0.15) is 0 Å². The van der Waals surface area contributed by atoms with Crippen LogP contribution in [0.15, 0.2) is 0 Å². The summed E-state index contributed by atoms with van der Waals surface area (Å²) in [4.78, 5) is 0.